The Labute approximate surface area is 194 Å². The van der Waals surface area contributed by atoms with Crippen molar-refractivity contribution in [2.24, 2.45) is 5.92 Å². The highest BCUT2D eigenvalue weighted by atomic mass is 35.5. The number of carbonyl (C=O) groups is 1. The summed E-state index contributed by atoms with van der Waals surface area (Å²) in [5, 5.41) is 3.66. The van der Waals surface area contributed by atoms with Crippen LogP contribution in [-0.2, 0) is 11.3 Å². The molecule has 1 N–H and O–H groups in total. The number of hydrogen-bond acceptors (Lipinski definition) is 4. The minimum Gasteiger partial charge on any atom is -0.444 e. The van der Waals surface area contributed by atoms with Crippen molar-refractivity contribution in [2.75, 3.05) is 24.5 Å². The molecule has 1 saturated heterocycles. The van der Waals surface area contributed by atoms with Crippen molar-refractivity contribution < 1.29 is 9.53 Å². The Kier molecular flexibility index (Phi) is 6.60. The number of imidazole rings is 1. The van der Waals surface area contributed by atoms with Crippen molar-refractivity contribution in [3.8, 4) is 0 Å². The van der Waals surface area contributed by atoms with E-state index in [-0.39, 0.29) is 6.09 Å². The SMILES string of the molecule is CC(C)(C)OC(=O)NCC1CCN(c2nc3ccccc3n2Cc2ccc(Cl)cc2)CC1. The number of benzene rings is 2. The number of amides is 1. The molecule has 0 spiro atoms. The van der Waals surface area contributed by atoms with E-state index in [4.69, 9.17) is 21.3 Å². The monoisotopic (exact) mass is 454 g/mol. The summed E-state index contributed by atoms with van der Waals surface area (Å²) in [7, 11) is 0. The molecular formula is C25H31ClN4O2. The maximum Gasteiger partial charge on any atom is 0.407 e. The van der Waals surface area contributed by atoms with Gasteiger partial charge in [0.1, 0.15) is 5.60 Å². The lowest BCUT2D eigenvalue weighted by atomic mass is 9.97. The number of rotatable bonds is 5. The molecule has 1 aromatic heterocycles. The number of ether oxygens (including phenoxy) is 1. The predicted octanol–water partition coefficient (Wildman–Crippen LogP) is 5.48. The van der Waals surface area contributed by atoms with E-state index in [0.717, 1.165) is 54.5 Å². The van der Waals surface area contributed by atoms with Gasteiger partial charge >= 0.3 is 6.09 Å². The number of anilines is 1. The summed E-state index contributed by atoms with van der Waals surface area (Å²) in [5.74, 6) is 1.44. The van der Waals surface area contributed by atoms with Crippen molar-refractivity contribution in [1.29, 1.82) is 0 Å². The Hall–Kier alpha value is -2.73. The minimum atomic E-state index is -0.476. The molecule has 170 valence electrons. The molecule has 0 unspecified atom stereocenters. The number of alkyl carbamates (subject to hydrolysis) is 1. The second-order valence-electron chi connectivity index (χ2n) is 9.43. The molecule has 0 atom stereocenters. The van der Waals surface area contributed by atoms with Gasteiger partial charge in [0, 0.05) is 24.7 Å². The zero-order chi connectivity index (χ0) is 22.7. The summed E-state index contributed by atoms with van der Waals surface area (Å²) in [6, 6.07) is 16.3. The molecule has 0 radical (unpaired) electrons. The number of para-hydroxylation sites is 2. The molecule has 2 heterocycles. The van der Waals surface area contributed by atoms with E-state index in [1.54, 1.807) is 0 Å². The molecule has 1 fully saturated rings. The highest BCUT2D eigenvalue weighted by Gasteiger charge is 2.25. The van der Waals surface area contributed by atoms with Crippen molar-refractivity contribution in [2.45, 2.75) is 45.8 Å². The number of nitrogens with one attached hydrogen (secondary N) is 1. The minimum absolute atomic E-state index is 0.343. The number of piperidine rings is 1. The predicted molar refractivity (Wildman–Crippen MR) is 129 cm³/mol. The highest BCUT2D eigenvalue weighted by molar-refractivity contribution is 6.30. The van der Waals surface area contributed by atoms with Crippen LogP contribution in [0.3, 0.4) is 0 Å². The Morgan fingerprint density at radius 1 is 1.12 bits per heavy atom. The standard InChI is InChI=1S/C25H31ClN4O2/c1-25(2,3)32-24(31)27-16-18-12-14-29(15-13-18)23-28-21-6-4-5-7-22(21)30(23)17-19-8-10-20(26)11-9-19/h4-11,18H,12-17H2,1-3H3,(H,27,31). The van der Waals surface area contributed by atoms with Crippen molar-refractivity contribution in [3.63, 3.8) is 0 Å². The molecule has 3 aromatic rings. The highest BCUT2D eigenvalue weighted by Crippen LogP contribution is 2.28. The molecule has 1 aliphatic rings. The van der Waals surface area contributed by atoms with Gasteiger partial charge in [-0.1, -0.05) is 35.9 Å². The maximum absolute atomic E-state index is 12.0. The van der Waals surface area contributed by atoms with Crippen molar-refractivity contribution >= 4 is 34.7 Å². The van der Waals surface area contributed by atoms with Gasteiger partial charge in [-0.3, -0.25) is 0 Å². The number of nitrogens with zero attached hydrogens (tertiary/aromatic N) is 3. The van der Waals surface area contributed by atoms with E-state index >= 15 is 0 Å². The van der Waals surface area contributed by atoms with Gasteiger partial charge in [-0.05, 0) is 69.4 Å². The van der Waals surface area contributed by atoms with Gasteiger partial charge < -0.3 is 19.5 Å². The van der Waals surface area contributed by atoms with E-state index in [1.165, 1.54) is 5.56 Å². The van der Waals surface area contributed by atoms with Crippen LogP contribution in [0.4, 0.5) is 10.7 Å². The second-order valence-corrected chi connectivity index (χ2v) is 9.86. The lowest BCUT2D eigenvalue weighted by Crippen LogP contribution is -2.41. The van der Waals surface area contributed by atoms with Gasteiger partial charge in [0.25, 0.3) is 0 Å². The average molecular weight is 455 g/mol. The van der Waals surface area contributed by atoms with E-state index < -0.39 is 5.60 Å². The zero-order valence-electron chi connectivity index (χ0n) is 19.0. The normalized spacial score (nSPS) is 15.2. The Morgan fingerprint density at radius 2 is 1.81 bits per heavy atom. The lowest BCUT2D eigenvalue weighted by Gasteiger charge is -2.33. The van der Waals surface area contributed by atoms with Gasteiger partial charge in [-0.2, -0.15) is 0 Å². The van der Waals surface area contributed by atoms with Crippen LogP contribution in [-0.4, -0.2) is 40.9 Å². The van der Waals surface area contributed by atoms with Crippen LogP contribution in [0.25, 0.3) is 11.0 Å². The number of halogens is 1. The fourth-order valence-electron chi connectivity index (χ4n) is 4.11. The van der Waals surface area contributed by atoms with Gasteiger partial charge in [-0.25, -0.2) is 9.78 Å². The molecule has 0 bridgehead atoms. The second kappa shape index (κ2) is 9.41. The quantitative estimate of drug-likeness (QED) is 0.554. The van der Waals surface area contributed by atoms with Crippen LogP contribution in [0, 0.1) is 5.92 Å². The lowest BCUT2D eigenvalue weighted by molar-refractivity contribution is 0.0516. The number of carbonyl (C=O) groups excluding carboxylic acids is 1. The first kappa shape index (κ1) is 22.5. The summed E-state index contributed by atoms with van der Waals surface area (Å²) in [4.78, 5) is 19.3. The third kappa shape index (κ3) is 5.54. The molecule has 7 heteroatoms. The third-order valence-corrected chi connectivity index (χ3v) is 5.97. The number of aromatic nitrogens is 2. The van der Waals surface area contributed by atoms with E-state index in [9.17, 15) is 4.79 Å². The van der Waals surface area contributed by atoms with Gasteiger partial charge in [0.05, 0.1) is 17.6 Å². The first-order valence-corrected chi connectivity index (χ1v) is 11.6. The molecular weight excluding hydrogens is 424 g/mol. The maximum atomic E-state index is 12.0. The molecule has 1 amide bonds. The summed E-state index contributed by atoms with van der Waals surface area (Å²) in [5.41, 5.74) is 2.85. The topological polar surface area (TPSA) is 59.4 Å². The molecule has 4 rings (SSSR count). The first-order valence-electron chi connectivity index (χ1n) is 11.2. The van der Waals surface area contributed by atoms with Crippen molar-refractivity contribution in [3.05, 3.63) is 59.1 Å². The fraction of sp³-hybridized carbons (Fsp3) is 0.440. The Morgan fingerprint density at radius 3 is 2.50 bits per heavy atom. The largest absolute Gasteiger partial charge is 0.444 e. The van der Waals surface area contributed by atoms with Gasteiger partial charge in [0.15, 0.2) is 0 Å². The zero-order valence-corrected chi connectivity index (χ0v) is 19.7. The summed E-state index contributed by atoms with van der Waals surface area (Å²) in [6.45, 7) is 8.83. The molecule has 32 heavy (non-hydrogen) atoms. The molecule has 2 aromatic carbocycles. The summed E-state index contributed by atoms with van der Waals surface area (Å²) < 4.78 is 7.64. The number of fused-ring (bicyclic) bond motifs is 1. The smallest absolute Gasteiger partial charge is 0.407 e. The van der Waals surface area contributed by atoms with Crippen LogP contribution in [0.5, 0.6) is 0 Å². The summed E-state index contributed by atoms with van der Waals surface area (Å²) in [6.07, 6.45) is 1.66. The van der Waals surface area contributed by atoms with Gasteiger partial charge in [0.2, 0.25) is 5.95 Å². The van der Waals surface area contributed by atoms with Crippen LogP contribution in [0.1, 0.15) is 39.2 Å². The molecule has 0 aliphatic carbocycles. The molecule has 0 saturated carbocycles. The van der Waals surface area contributed by atoms with E-state index in [2.05, 4.69) is 45.1 Å². The van der Waals surface area contributed by atoms with Crippen LogP contribution in [0.15, 0.2) is 48.5 Å². The summed E-state index contributed by atoms with van der Waals surface area (Å²) >= 11 is 6.07. The first-order chi connectivity index (χ1) is 15.3. The van der Waals surface area contributed by atoms with Crippen LogP contribution < -0.4 is 10.2 Å². The van der Waals surface area contributed by atoms with E-state index in [0.29, 0.717) is 12.5 Å². The van der Waals surface area contributed by atoms with Crippen molar-refractivity contribution in [1.82, 2.24) is 14.9 Å². The van der Waals surface area contributed by atoms with E-state index in [1.807, 2.05) is 39.0 Å². The Bertz CT molecular complexity index is 1060. The third-order valence-electron chi connectivity index (χ3n) is 5.72. The molecule has 1 aliphatic heterocycles. The number of hydrogen-bond donors (Lipinski definition) is 1. The van der Waals surface area contributed by atoms with Gasteiger partial charge in [-0.15, -0.1) is 0 Å². The average Bonchev–Trinajstić information content (AvgIpc) is 3.11. The molecule has 6 nitrogen and oxygen atoms in total. The Balaban J connectivity index is 1.44. The fourth-order valence-corrected chi connectivity index (χ4v) is 4.24. The van der Waals surface area contributed by atoms with Crippen LogP contribution >= 0.6 is 11.6 Å². The van der Waals surface area contributed by atoms with Crippen LogP contribution in [0.2, 0.25) is 5.02 Å².